The lowest BCUT2D eigenvalue weighted by Crippen LogP contribution is -2.54. The minimum atomic E-state index is -0.0415. The third-order valence-electron chi connectivity index (χ3n) is 7.73. The molecule has 1 aromatic carbocycles. The van der Waals surface area contributed by atoms with Crippen molar-refractivity contribution >= 4 is 11.6 Å². The van der Waals surface area contributed by atoms with E-state index in [0.29, 0.717) is 5.91 Å². The number of benzene rings is 1. The smallest absolute Gasteiger partial charge is 0.233 e. The second-order valence-electron chi connectivity index (χ2n) is 9.48. The molecule has 0 radical (unpaired) electrons. The fraction of sp³-hybridized carbons (Fsp3) is 0.500. The van der Waals surface area contributed by atoms with E-state index in [1.165, 1.54) is 36.0 Å². The molecule has 0 saturated heterocycles. The van der Waals surface area contributed by atoms with Crippen LogP contribution in [0.2, 0.25) is 0 Å². The minimum absolute atomic E-state index is 0.0415. The number of carbonyl (C=O) groups is 1. The van der Waals surface area contributed by atoms with Gasteiger partial charge < -0.3 is 4.90 Å². The molecule has 3 heteroatoms. The van der Waals surface area contributed by atoms with E-state index in [9.17, 15) is 4.79 Å². The minimum Gasteiger partial charge on any atom is -0.311 e. The maximum atomic E-state index is 13.7. The molecule has 0 spiro atoms. The molecule has 1 amide bonds. The number of aromatic nitrogens is 1. The summed E-state index contributed by atoms with van der Waals surface area (Å²) < 4.78 is 0. The lowest BCUT2D eigenvalue weighted by molar-refractivity contribution is -0.143. The van der Waals surface area contributed by atoms with Crippen molar-refractivity contribution in [3.05, 3.63) is 48.3 Å². The Morgan fingerprint density at radius 1 is 0.926 bits per heavy atom. The van der Waals surface area contributed by atoms with Gasteiger partial charge in [0.2, 0.25) is 5.91 Å². The summed E-state index contributed by atoms with van der Waals surface area (Å²) in [7, 11) is 0. The van der Waals surface area contributed by atoms with Crippen LogP contribution in [0.4, 0.5) is 5.69 Å². The normalized spacial score (nSPS) is 33.3. The molecule has 7 rings (SSSR count). The third-order valence-corrected chi connectivity index (χ3v) is 7.73. The van der Waals surface area contributed by atoms with Crippen molar-refractivity contribution in [2.75, 3.05) is 11.4 Å². The number of carbonyl (C=O) groups excluding carboxylic acids is 1. The summed E-state index contributed by atoms with van der Waals surface area (Å²) >= 11 is 0. The van der Waals surface area contributed by atoms with E-state index >= 15 is 0 Å². The van der Waals surface area contributed by atoms with Gasteiger partial charge in [0.25, 0.3) is 0 Å². The summed E-state index contributed by atoms with van der Waals surface area (Å²) in [6.07, 6.45) is 12.3. The van der Waals surface area contributed by atoms with Crippen LogP contribution in [-0.2, 0) is 11.2 Å². The number of amides is 1. The van der Waals surface area contributed by atoms with Crippen LogP contribution in [0, 0.1) is 23.2 Å². The van der Waals surface area contributed by atoms with Gasteiger partial charge in [-0.05, 0) is 104 Å². The van der Waals surface area contributed by atoms with Gasteiger partial charge in [0, 0.05) is 24.6 Å². The lowest BCUT2D eigenvalue weighted by Gasteiger charge is -2.56. The molecule has 4 fully saturated rings. The highest BCUT2D eigenvalue weighted by atomic mass is 16.2. The van der Waals surface area contributed by atoms with Gasteiger partial charge in [-0.1, -0.05) is 6.07 Å². The summed E-state index contributed by atoms with van der Waals surface area (Å²) in [6, 6.07) is 10.7. The van der Waals surface area contributed by atoms with Crippen LogP contribution in [0.1, 0.15) is 44.1 Å². The van der Waals surface area contributed by atoms with Crippen LogP contribution in [0.15, 0.2) is 42.7 Å². The van der Waals surface area contributed by atoms with Crippen molar-refractivity contribution in [1.82, 2.24) is 4.98 Å². The molecule has 138 valence electrons. The van der Waals surface area contributed by atoms with E-state index in [2.05, 4.69) is 40.2 Å². The van der Waals surface area contributed by atoms with Gasteiger partial charge in [0.1, 0.15) is 0 Å². The fourth-order valence-corrected chi connectivity index (χ4v) is 7.00. The molecule has 0 unspecified atom stereocenters. The number of fused-ring (bicyclic) bond motifs is 1. The number of pyridine rings is 1. The molecule has 0 N–H and O–H groups in total. The molecule has 4 saturated carbocycles. The Balaban J connectivity index is 1.31. The van der Waals surface area contributed by atoms with Gasteiger partial charge >= 0.3 is 0 Å². The Kier molecular flexibility index (Phi) is 3.33. The van der Waals surface area contributed by atoms with E-state index in [0.717, 1.165) is 55.7 Å². The average Bonchev–Trinajstić information content (AvgIpc) is 3.10. The molecule has 3 nitrogen and oxygen atoms in total. The molecule has 1 aromatic heterocycles. The lowest BCUT2D eigenvalue weighted by atomic mass is 9.49. The number of anilines is 1. The van der Waals surface area contributed by atoms with Crippen LogP contribution in [-0.4, -0.2) is 17.4 Å². The molecule has 0 atom stereocenters. The Morgan fingerprint density at radius 2 is 1.59 bits per heavy atom. The van der Waals surface area contributed by atoms with Crippen molar-refractivity contribution in [2.45, 2.75) is 44.9 Å². The molecule has 4 bridgehead atoms. The number of rotatable bonds is 2. The number of hydrogen-bond donors (Lipinski definition) is 0. The molecular formula is C24H26N2O. The van der Waals surface area contributed by atoms with Gasteiger partial charge in [0.05, 0.1) is 5.41 Å². The van der Waals surface area contributed by atoms with Gasteiger partial charge in [-0.2, -0.15) is 0 Å². The number of hydrogen-bond acceptors (Lipinski definition) is 2. The van der Waals surface area contributed by atoms with E-state index < -0.39 is 0 Å². The zero-order chi connectivity index (χ0) is 18.0. The molecule has 2 heterocycles. The summed E-state index contributed by atoms with van der Waals surface area (Å²) in [4.78, 5) is 20.0. The highest BCUT2D eigenvalue weighted by Crippen LogP contribution is 2.61. The van der Waals surface area contributed by atoms with Gasteiger partial charge in [-0.25, -0.2) is 0 Å². The molecule has 1 aliphatic heterocycles. The Labute approximate surface area is 160 Å². The largest absolute Gasteiger partial charge is 0.311 e. The highest BCUT2D eigenvalue weighted by Gasteiger charge is 2.56. The quantitative estimate of drug-likeness (QED) is 0.768. The van der Waals surface area contributed by atoms with Crippen LogP contribution < -0.4 is 4.90 Å². The zero-order valence-electron chi connectivity index (χ0n) is 15.7. The molecule has 2 aromatic rings. The topological polar surface area (TPSA) is 33.2 Å². The Morgan fingerprint density at radius 3 is 2.26 bits per heavy atom. The van der Waals surface area contributed by atoms with Crippen LogP contribution in [0.25, 0.3) is 11.1 Å². The first-order valence-corrected chi connectivity index (χ1v) is 10.6. The predicted octanol–water partition coefficient (Wildman–Crippen LogP) is 4.85. The summed E-state index contributed by atoms with van der Waals surface area (Å²) in [5.41, 5.74) is 4.86. The monoisotopic (exact) mass is 358 g/mol. The second kappa shape index (κ2) is 5.67. The Bertz CT molecular complexity index is 869. The van der Waals surface area contributed by atoms with Gasteiger partial charge in [0.15, 0.2) is 0 Å². The molecule has 27 heavy (non-hydrogen) atoms. The van der Waals surface area contributed by atoms with Crippen molar-refractivity contribution in [2.24, 2.45) is 23.2 Å². The zero-order valence-corrected chi connectivity index (χ0v) is 15.7. The maximum Gasteiger partial charge on any atom is 0.233 e. The molecular weight excluding hydrogens is 332 g/mol. The summed E-state index contributed by atoms with van der Waals surface area (Å²) in [6.45, 7) is 0.857. The second-order valence-corrected chi connectivity index (χ2v) is 9.48. The average molecular weight is 358 g/mol. The Hall–Kier alpha value is -2.16. The summed E-state index contributed by atoms with van der Waals surface area (Å²) in [5, 5.41) is 0. The van der Waals surface area contributed by atoms with Crippen molar-refractivity contribution in [3.8, 4) is 11.1 Å². The fourth-order valence-electron chi connectivity index (χ4n) is 7.00. The summed E-state index contributed by atoms with van der Waals surface area (Å²) in [5.74, 6) is 2.89. The SMILES string of the molecule is O=C(N1CCc2cc(-c3ccncc3)ccc21)C12CC3CC(CC(C3)C1)C2. The highest BCUT2D eigenvalue weighted by molar-refractivity contribution is 6.00. The van der Waals surface area contributed by atoms with E-state index in [1.54, 1.807) is 0 Å². The third kappa shape index (κ3) is 2.40. The molecule has 4 aliphatic carbocycles. The van der Waals surface area contributed by atoms with Crippen molar-refractivity contribution < 1.29 is 4.79 Å². The maximum absolute atomic E-state index is 13.7. The number of nitrogens with zero attached hydrogens (tertiary/aromatic N) is 2. The van der Waals surface area contributed by atoms with Crippen molar-refractivity contribution in [3.63, 3.8) is 0 Å². The van der Waals surface area contributed by atoms with E-state index in [4.69, 9.17) is 0 Å². The first kappa shape index (κ1) is 15.9. The van der Waals surface area contributed by atoms with E-state index in [-0.39, 0.29) is 5.41 Å². The van der Waals surface area contributed by atoms with Gasteiger partial charge in [-0.3, -0.25) is 9.78 Å². The van der Waals surface area contributed by atoms with E-state index in [1.807, 2.05) is 12.4 Å². The van der Waals surface area contributed by atoms with Crippen molar-refractivity contribution in [1.29, 1.82) is 0 Å². The predicted molar refractivity (Wildman–Crippen MR) is 106 cm³/mol. The van der Waals surface area contributed by atoms with Gasteiger partial charge in [-0.15, -0.1) is 0 Å². The van der Waals surface area contributed by atoms with Crippen LogP contribution >= 0.6 is 0 Å². The van der Waals surface area contributed by atoms with Crippen LogP contribution in [0.5, 0.6) is 0 Å². The standard InChI is InChI=1S/C24H26N2O/c27-23(24-13-16-9-17(14-24)11-18(10-16)15-24)26-8-5-21-12-20(1-2-22(21)26)19-3-6-25-7-4-19/h1-4,6-7,12,16-18H,5,8-11,13-15H2. The molecule has 5 aliphatic rings. The van der Waals surface area contributed by atoms with Crippen LogP contribution in [0.3, 0.4) is 0 Å². The first-order chi connectivity index (χ1) is 13.2. The first-order valence-electron chi connectivity index (χ1n) is 10.6.